The highest BCUT2D eigenvalue weighted by atomic mass is 35.5. The van der Waals surface area contributed by atoms with Crippen molar-refractivity contribution >= 4 is 22.9 Å². The van der Waals surface area contributed by atoms with Gasteiger partial charge in [-0.25, -0.2) is 4.98 Å². The van der Waals surface area contributed by atoms with Crippen LogP contribution in [0.5, 0.6) is 0 Å². The summed E-state index contributed by atoms with van der Waals surface area (Å²) in [5.74, 6) is 0.803. The summed E-state index contributed by atoms with van der Waals surface area (Å²) in [7, 11) is 0. The molecule has 2 aliphatic rings. The molecule has 6 nitrogen and oxygen atoms in total. The number of hydrogen-bond donors (Lipinski definition) is 0. The summed E-state index contributed by atoms with van der Waals surface area (Å²) in [5, 5.41) is 11.3. The largest absolute Gasteiger partial charge is 0.351 e. The molecule has 0 saturated carbocycles. The van der Waals surface area contributed by atoms with E-state index in [-0.39, 0.29) is 4.92 Å². The summed E-state index contributed by atoms with van der Waals surface area (Å²) in [5.41, 5.74) is 0.357. The van der Waals surface area contributed by atoms with Crippen LogP contribution < -0.4 is 0 Å². The van der Waals surface area contributed by atoms with Gasteiger partial charge in [0.05, 0.1) is 11.5 Å². The van der Waals surface area contributed by atoms with Gasteiger partial charge in [0.1, 0.15) is 0 Å². The van der Waals surface area contributed by atoms with Crippen molar-refractivity contribution in [3.8, 4) is 0 Å². The Kier molecular flexibility index (Phi) is 3.80. The van der Waals surface area contributed by atoms with E-state index in [1.165, 1.54) is 11.3 Å². The molecule has 0 aliphatic carbocycles. The van der Waals surface area contributed by atoms with E-state index in [0.717, 1.165) is 43.2 Å². The van der Waals surface area contributed by atoms with Gasteiger partial charge in [0.25, 0.3) is 5.70 Å². The lowest BCUT2D eigenvalue weighted by molar-refractivity contribution is -0.431. The molecule has 0 atom stereocenters. The first-order valence-corrected chi connectivity index (χ1v) is 7.82. The number of fused-ring (bicyclic) bond motifs is 1. The zero-order valence-corrected chi connectivity index (χ0v) is 12.5. The standard InChI is InChI=1S/C12H15ClN4O2S/c13-12-14-7-9(20-12)8-16-6-5-15-4-2-1-3-10(11(15)16)17(18)19/h7H,1-6,8H2. The molecule has 1 saturated heterocycles. The molecular weight excluding hydrogens is 300 g/mol. The normalized spacial score (nSPS) is 19.2. The van der Waals surface area contributed by atoms with E-state index < -0.39 is 0 Å². The van der Waals surface area contributed by atoms with E-state index in [1.807, 2.05) is 0 Å². The van der Waals surface area contributed by atoms with Crippen molar-refractivity contribution in [2.45, 2.75) is 25.8 Å². The van der Waals surface area contributed by atoms with E-state index in [9.17, 15) is 10.1 Å². The molecule has 0 radical (unpaired) electrons. The van der Waals surface area contributed by atoms with Crippen LogP contribution in [0.1, 0.15) is 24.1 Å². The number of nitro groups is 1. The van der Waals surface area contributed by atoms with Crippen LogP contribution in [-0.2, 0) is 6.54 Å². The molecule has 0 unspecified atom stereocenters. The lowest BCUT2D eigenvalue weighted by Crippen LogP contribution is -2.25. The second-order valence-corrected chi connectivity index (χ2v) is 6.67. The molecule has 2 aliphatic heterocycles. The molecule has 0 aromatic carbocycles. The minimum Gasteiger partial charge on any atom is -0.351 e. The van der Waals surface area contributed by atoms with Gasteiger partial charge in [0, 0.05) is 37.1 Å². The third kappa shape index (κ3) is 2.60. The summed E-state index contributed by atoms with van der Waals surface area (Å²) >= 11 is 7.28. The Hall–Kier alpha value is -1.34. The van der Waals surface area contributed by atoms with Crippen LogP contribution >= 0.6 is 22.9 Å². The highest BCUT2D eigenvalue weighted by Crippen LogP contribution is 2.31. The van der Waals surface area contributed by atoms with Crippen molar-refractivity contribution in [2.75, 3.05) is 19.6 Å². The van der Waals surface area contributed by atoms with Gasteiger partial charge < -0.3 is 9.80 Å². The Balaban J connectivity index is 1.89. The second kappa shape index (κ2) is 5.57. The smallest absolute Gasteiger partial charge is 0.286 e. The summed E-state index contributed by atoms with van der Waals surface area (Å²) in [4.78, 5) is 20.4. The van der Waals surface area contributed by atoms with Crippen molar-refractivity contribution in [3.05, 3.63) is 37.2 Å². The molecule has 1 aromatic heterocycles. The number of nitrogens with zero attached hydrogens (tertiary/aromatic N) is 4. The van der Waals surface area contributed by atoms with E-state index in [2.05, 4.69) is 14.8 Å². The van der Waals surface area contributed by atoms with Crippen LogP contribution in [-0.4, -0.2) is 39.3 Å². The fraction of sp³-hybridized carbons (Fsp3) is 0.583. The molecule has 108 valence electrons. The molecular formula is C12H15ClN4O2S. The summed E-state index contributed by atoms with van der Waals surface area (Å²) in [6.45, 7) is 3.24. The molecule has 3 heterocycles. The quantitative estimate of drug-likeness (QED) is 0.634. The van der Waals surface area contributed by atoms with Crippen LogP contribution in [0.25, 0.3) is 0 Å². The predicted molar refractivity (Wildman–Crippen MR) is 77.0 cm³/mol. The molecule has 8 heteroatoms. The summed E-state index contributed by atoms with van der Waals surface area (Å²) in [6, 6.07) is 0. The second-order valence-electron chi connectivity index (χ2n) is 4.97. The molecule has 1 fully saturated rings. The zero-order valence-electron chi connectivity index (χ0n) is 10.9. The first kappa shape index (κ1) is 13.6. The summed E-state index contributed by atoms with van der Waals surface area (Å²) < 4.78 is 0.514. The maximum absolute atomic E-state index is 11.3. The van der Waals surface area contributed by atoms with E-state index in [4.69, 9.17) is 11.6 Å². The number of thiazole rings is 1. The maximum Gasteiger partial charge on any atom is 0.286 e. The first-order valence-electron chi connectivity index (χ1n) is 6.63. The van der Waals surface area contributed by atoms with Gasteiger partial charge in [0.2, 0.25) is 0 Å². The zero-order chi connectivity index (χ0) is 14.1. The Morgan fingerprint density at radius 1 is 1.40 bits per heavy atom. The topological polar surface area (TPSA) is 62.5 Å². The van der Waals surface area contributed by atoms with Crippen LogP contribution in [0.15, 0.2) is 17.7 Å². The van der Waals surface area contributed by atoms with Gasteiger partial charge in [-0.1, -0.05) is 11.6 Å². The molecule has 20 heavy (non-hydrogen) atoms. The van der Waals surface area contributed by atoms with E-state index >= 15 is 0 Å². The Morgan fingerprint density at radius 3 is 2.95 bits per heavy atom. The maximum atomic E-state index is 11.3. The van der Waals surface area contributed by atoms with Crippen molar-refractivity contribution in [1.82, 2.24) is 14.8 Å². The van der Waals surface area contributed by atoms with Crippen molar-refractivity contribution in [2.24, 2.45) is 0 Å². The first-order chi connectivity index (χ1) is 9.65. The Labute approximate surface area is 125 Å². The van der Waals surface area contributed by atoms with Gasteiger partial charge in [-0.2, -0.15) is 0 Å². The number of aromatic nitrogens is 1. The van der Waals surface area contributed by atoms with Gasteiger partial charge in [-0.3, -0.25) is 10.1 Å². The number of hydrogen-bond acceptors (Lipinski definition) is 6. The minimum atomic E-state index is -0.217. The molecule has 3 rings (SSSR count). The minimum absolute atomic E-state index is 0.217. The molecule has 0 spiro atoms. The van der Waals surface area contributed by atoms with Crippen molar-refractivity contribution in [1.29, 1.82) is 0 Å². The number of allylic oxidation sites excluding steroid dienone is 1. The molecule has 1 aromatic rings. The van der Waals surface area contributed by atoms with Crippen LogP contribution in [0.4, 0.5) is 0 Å². The third-order valence-corrected chi connectivity index (χ3v) is 4.78. The van der Waals surface area contributed by atoms with E-state index in [1.54, 1.807) is 6.20 Å². The van der Waals surface area contributed by atoms with Crippen LogP contribution in [0.2, 0.25) is 4.47 Å². The monoisotopic (exact) mass is 314 g/mol. The van der Waals surface area contributed by atoms with Gasteiger partial charge in [-0.05, 0) is 12.8 Å². The lowest BCUT2D eigenvalue weighted by Gasteiger charge is -2.22. The van der Waals surface area contributed by atoms with Gasteiger partial charge in [0.15, 0.2) is 10.3 Å². The molecule has 0 bridgehead atoms. The molecule has 0 amide bonds. The summed E-state index contributed by atoms with van der Waals surface area (Å²) in [6.07, 6.45) is 4.20. The lowest BCUT2D eigenvalue weighted by atomic mass is 10.2. The number of rotatable bonds is 3. The fourth-order valence-corrected chi connectivity index (χ4v) is 3.81. The van der Waals surface area contributed by atoms with Crippen LogP contribution in [0, 0.1) is 10.1 Å². The Morgan fingerprint density at radius 2 is 2.25 bits per heavy atom. The Bertz CT molecular complexity index is 559. The van der Waals surface area contributed by atoms with Gasteiger partial charge in [-0.15, -0.1) is 11.3 Å². The van der Waals surface area contributed by atoms with Crippen molar-refractivity contribution < 1.29 is 4.92 Å². The highest BCUT2D eigenvalue weighted by Gasteiger charge is 2.35. The predicted octanol–water partition coefficient (Wildman–Crippen LogP) is 2.54. The SMILES string of the molecule is O=[N+]([O-])C1=C2N(CCCC1)CCN2Cc1cnc(Cl)s1. The van der Waals surface area contributed by atoms with Crippen LogP contribution in [0.3, 0.4) is 0 Å². The third-order valence-electron chi connectivity index (χ3n) is 3.68. The number of halogens is 1. The average molecular weight is 315 g/mol. The average Bonchev–Trinajstić information content (AvgIpc) is 2.91. The fourth-order valence-electron chi connectivity index (χ4n) is 2.81. The highest BCUT2D eigenvalue weighted by molar-refractivity contribution is 7.15. The van der Waals surface area contributed by atoms with E-state index in [0.29, 0.717) is 23.1 Å². The van der Waals surface area contributed by atoms with Crippen molar-refractivity contribution in [3.63, 3.8) is 0 Å². The molecule has 0 N–H and O–H groups in total. The van der Waals surface area contributed by atoms with Gasteiger partial charge >= 0.3 is 0 Å².